The van der Waals surface area contributed by atoms with E-state index in [1.807, 2.05) is 19.1 Å². The monoisotopic (exact) mass is 428 g/mol. The molecule has 0 saturated heterocycles. The molecule has 0 bridgehead atoms. The fourth-order valence-electron chi connectivity index (χ4n) is 3.00. The molecule has 1 N–H and O–H groups in total. The lowest BCUT2D eigenvalue weighted by Crippen LogP contribution is -2.27. The van der Waals surface area contributed by atoms with E-state index in [0.717, 1.165) is 9.87 Å². The number of carbonyl (C=O) groups excluding carboxylic acids is 1. The zero-order valence-electron chi connectivity index (χ0n) is 15.6. The van der Waals surface area contributed by atoms with Crippen LogP contribution in [0.1, 0.15) is 15.9 Å². The quantitative estimate of drug-likeness (QED) is 0.648. The maximum atomic E-state index is 13.2. The highest BCUT2D eigenvalue weighted by Crippen LogP contribution is 2.39. The number of anilines is 2. The topological polar surface area (TPSA) is 75.7 Å². The van der Waals surface area contributed by atoms with Crippen molar-refractivity contribution in [3.8, 4) is 11.5 Å². The van der Waals surface area contributed by atoms with Crippen molar-refractivity contribution >= 4 is 38.9 Å². The van der Waals surface area contributed by atoms with E-state index in [-0.39, 0.29) is 21.2 Å². The summed E-state index contributed by atoms with van der Waals surface area (Å²) in [7, 11) is -2.57. The number of rotatable bonds is 3. The second-order valence-electron chi connectivity index (χ2n) is 6.64. The first kappa shape index (κ1) is 19.3. The highest BCUT2D eigenvalue weighted by Gasteiger charge is 2.29. The van der Waals surface area contributed by atoms with E-state index in [2.05, 4.69) is 5.32 Å². The van der Waals surface area contributed by atoms with Gasteiger partial charge in [-0.15, -0.1) is 0 Å². The van der Waals surface area contributed by atoms with E-state index < -0.39 is 15.9 Å². The standard InChI is InChI=1S/C21H17ClN2O4S/c1-13-7-9-14(10-8-13)24(2)29(26,27)20-11-15-19(12-16(20)22)28-18-6-4-3-5-17(18)23-21(15)25/h3-12H,1-2H3,(H,23,25). The summed E-state index contributed by atoms with van der Waals surface area (Å²) >= 11 is 6.31. The Kier molecular flexibility index (Phi) is 4.72. The molecule has 0 spiro atoms. The van der Waals surface area contributed by atoms with Gasteiger partial charge in [-0.25, -0.2) is 8.42 Å². The van der Waals surface area contributed by atoms with Crippen LogP contribution in [0.5, 0.6) is 11.5 Å². The lowest BCUT2D eigenvalue weighted by molar-refractivity contribution is 0.102. The molecule has 0 radical (unpaired) electrons. The molecule has 1 amide bonds. The van der Waals surface area contributed by atoms with Crippen molar-refractivity contribution < 1.29 is 17.9 Å². The van der Waals surface area contributed by atoms with E-state index in [4.69, 9.17) is 16.3 Å². The van der Waals surface area contributed by atoms with Crippen LogP contribution >= 0.6 is 11.6 Å². The van der Waals surface area contributed by atoms with Crippen LogP contribution in [-0.4, -0.2) is 21.4 Å². The fourth-order valence-corrected chi connectivity index (χ4v) is 4.72. The molecule has 3 aromatic rings. The summed E-state index contributed by atoms with van der Waals surface area (Å²) in [4.78, 5) is 12.5. The molecule has 29 heavy (non-hydrogen) atoms. The minimum atomic E-state index is -4.01. The third-order valence-corrected chi connectivity index (χ3v) is 6.92. The highest BCUT2D eigenvalue weighted by atomic mass is 35.5. The van der Waals surface area contributed by atoms with Gasteiger partial charge in [0.05, 0.1) is 22.0 Å². The average molecular weight is 429 g/mol. The molecular weight excluding hydrogens is 412 g/mol. The van der Waals surface area contributed by atoms with Crippen molar-refractivity contribution in [2.24, 2.45) is 0 Å². The summed E-state index contributed by atoms with van der Waals surface area (Å²) in [6.07, 6.45) is 0. The summed E-state index contributed by atoms with van der Waals surface area (Å²) in [5.41, 5.74) is 2.07. The van der Waals surface area contributed by atoms with Crippen molar-refractivity contribution in [1.29, 1.82) is 0 Å². The van der Waals surface area contributed by atoms with E-state index in [1.54, 1.807) is 36.4 Å². The number of halogens is 1. The number of benzene rings is 3. The predicted octanol–water partition coefficient (Wildman–Crippen LogP) is 4.83. The second-order valence-corrected chi connectivity index (χ2v) is 8.98. The van der Waals surface area contributed by atoms with Gasteiger partial charge in [0.25, 0.3) is 15.9 Å². The largest absolute Gasteiger partial charge is 0.454 e. The normalized spacial score (nSPS) is 12.9. The number of nitrogens with zero attached hydrogens (tertiary/aromatic N) is 1. The van der Waals surface area contributed by atoms with Crippen LogP contribution in [0.3, 0.4) is 0 Å². The van der Waals surface area contributed by atoms with Gasteiger partial charge in [-0.05, 0) is 37.3 Å². The number of ether oxygens (including phenoxy) is 1. The SMILES string of the molecule is Cc1ccc(N(C)S(=O)(=O)c2cc3c(cc2Cl)Oc2ccccc2NC3=O)cc1. The fraction of sp³-hybridized carbons (Fsp3) is 0.0952. The van der Waals surface area contributed by atoms with Gasteiger partial charge >= 0.3 is 0 Å². The molecule has 1 aliphatic rings. The van der Waals surface area contributed by atoms with Crippen LogP contribution in [0.15, 0.2) is 65.6 Å². The van der Waals surface area contributed by atoms with E-state index in [0.29, 0.717) is 17.1 Å². The lowest BCUT2D eigenvalue weighted by atomic mass is 10.2. The molecule has 1 aliphatic heterocycles. The number of fused-ring (bicyclic) bond motifs is 2. The van der Waals surface area contributed by atoms with Crippen molar-refractivity contribution in [2.75, 3.05) is 16.7 Å². The Morgan fingerprint density at radius 1 is 1.00 bits per heavy atom. The van der Waals surface area contributed by atoms with Gasteiger partial charge in [-0.3, -0.25) is 9.10 Å². The Morgan fingerprint density at radius 3 is 2.41 bits per heavy atom. The Hall–Kier alpha value is -3.03. The van der Waals surface area contributed by atoms with Crippen LogP contribution in [0.25, 0.3) is 0 Å². The Morgan fingerprint density at radius 2 is 1.69 bits per heavy atom. The predicted molar refractivity (Wildman–Crippen MR) is 113 cm³/mol. The summed E-state index contributed by atoms with van der Waals surface area (Å²) < 4.78 is 33.3. The molecular formula is C21H17ClN2O4S. The molecule has 4 rings (SSSR count). The molecule has 0 atom stereocenters. The van der Waals surface area contributed by atoms with Gasteiger partial charge in [0.2, 0.25) is 0 Å². The van der Waals surface area contributed by atoms with Crippen LogP contribution in [0, 0.1) is 6.92 Å². The zero-order valence-corrected chi connectivity index (χ0v) is 17.2. The summed E-state index contributed by atoms with van der Waals surface area (Å²) in [5, 5.41) is 2.70. The molecule has 0 fully saturated rings. The number of carbonyl (C=O) groups is 1. The number of para-hydroxylation sites is 2. The molecule has 0 saturated carbocycles. The van der Waals surface area contributed by atoms with Crippen LogP contribution in [0.2, 0.25) is 5.02 Å². The van der Waals surface area contributed by atoms with Gasteiger partial charge in [0.1, 0.15) is 10.6 Å². The Balaban J connectivity index is 1.79. The van der Waals surface area contributed by atoms with Gasteiger partial charge in [-0.2, -0.15) is 0 Å². The second kappa shape index (κ2) is 7.09. The van der Waals surface area contributed by atoms with Gasteiger partial charge < -0.3 is 10.1 Å². The first-order chi connectivity index (χ1) is 13.8. The number of aryl methyl sites for hydroxylation is 1. The van der Waals surface area contributed by atoms with Crippen LogP contribution in [0.4, 0.5) is 11.4 Å². The minimum Gasteiger partial charge on any atom is -0.454 e. The average Bonchev–Trinajstić information content (AvgIpc) is 2.82. The number of hydrogen-bond donors (Lipinski definition) is 1. The van der Waals surface area contributed by atoms with Crippen molar-refractivity contribution in [1.82, 2.24) is 0 Å². The Bertz CT molecular complexity index is 1220. The smallest absolute Gasteiger partial charge is 0.265 e. The first-order valence-corrected chi connectivity index (χ1v) is 10.6. The molecule has 1 heterocycles. The minimum absolute atomic E-state index is 0.0325. The molecule has 0 aliphatic carbocycles. The number of nitrogens with one attached hydrogen (secondary N) is 1. The van der Waals surface area contributed by atoms with Gasteiger partial charge in [0.15, 0.2) is 5.75 Å². The zero-order chi connectivity index (χ0) is 20.8. The van der Waals surface area contributed by atoms with Gasteiger partial charge in [-0.1, -0.05) is 41.4 Å². The van der Waals surface area contributed by atoms with Crippen molar-refractivity contribution in [3.05, 3.63) is 76.8 Å². The molecule has 3 aromatic carbocycles. The molecule has 6 nitrogen and oxygen atoms in total. The maximum absolute atomic E-state index is 13.2. The molecule has 8 heteroatoms. The summed E-state index contributed by atoms with van der Waals surface area (Å²) in [6, 6.07) is 16.6. The number of sulfonamides is 1. The first-order valence-electron chi connectivity index (χ1n) is 8.75. The number of amides is 1. The van der Waals surface area contributed by atoms with E-state index >= 15 is 0 Å². The molecule has 0 unspecified atom stereocenters. The summed E-state index contributed by atoms with van der Waals surface area (Å²) in [6.45, 7) is 1.91. The Labute approximate surface area is 173 Å². The molecule has 0 aromatic heterocycles. The highest BCUT2D eigenvalue weighted by molar-refractivity contribution is 7.93. The number of hydrogen-bond acceptors (Lipinski definition) is 4. The van der Waals surface area contributed by atoms with Gasteiger partial charge in [0, 0.05) is 13.1 Å². The summed E-state index contributed by atoms with van der Waals surface area (Å²) in [5.74, 6) is 0.161. The van der Waals surface area contributed by atoms with Crippen LogP contribution in [-0.2, 0) is 10.0 Å². The molecule has 148 valence electrons. The third-order valence-electron chi connectivity index (χ3n) is 4.67. The third kappa shape index (κ3) is 3.43. The van der Waals surface area contributed by atoms with Crippen molar-refractivity contribution in [3.63, 3.8) is 0 Å². The van der Waals surface area contributed by atoms with E-state index in [1.165, 1.54) is 19.2 Å². The van der Waals surface area contributed by atoms with Crippen LogP contribution < -0.4 is 14.4 Å². The van der Waals surface area contributed by atoms with Crippen molar-refractivity contribution in [2.45, 2.75) is 11.8 Å². The lowest BCUT2D eigenvalue weighted by Gasteiger charge is -2.21. The maximum Gasteiger partial charge on any atom is 0.265 e. The van der Waals surface area contributed by atoms with E-state index in [9.17, 15) is 13.2 Å².